The lowest BCUT2D eigenvalue weighted by molar-refractivity contribution is 0.155. The Balaban J connectivity index is 1.53. The van der Waals surface area contributed by atoms with Crippen LogP contribution in [-0.2, 0) is 26.7 Å². The first-order valence-corrected chi connectivity index (χ1v) is 7.79. The predicted octanol–water partition coefficient (Wildman–Crippen LogP) is 0.833. The number of aromatic nitrogens is 7. The molecule has 0 N–H and O–H groups in total. The van der Waals surface area contributed by atoms with Gasteiger partial charge in [-0.05, 0) is 6.92 Å². The molecule has 0 bridgehead atoms. The third-order valence-electron chi connectivity index (χ3n) is 4.44. The van der Waals surface area contributed by atoms with Crippen LogP contribution in [0.3, 0.4) is 0 Å². The Morgan fingerprint density at radius 1 is 1.17 bits per heavy atom. The second-order valence-electron chi connectivity index (χ2n) is 6.02. The lowest BCUT2D eigenvalue weighted by Crippen LogP contribution is -2.37. The van der Waals surface area contributed by atoms with Gasteiger partial charge in [0.05, 0.1) is 30.7 Å². The SMILES string of the molecule is C[C@@H]1c2ncc(Cn3cncn3)n2CCN1Cc1cnn(C)c1. The zero-order valence-corrected chi connectivity index (χ0v) is 13.4. The molecule has 0 unspecified atom stereocenters. The van der Waals surface area contributed by atoms with Gasteiger partial charge in [0, 0.05) is 38.4 Å². The Bertz CT molecular complexity index is 784. The highest BCUT2D eigenvalue weighted by atomic mass is 15.3. The summed E-state index contributed by atoms with van der Waals surface area (Å²) >= 11 is 0. The van der Waals surface area contributed by atoms with Crippen molar-refractivity contribution in [2.45, 2.75) is 32.6 Å². The first-order valence-electron chi connectivity index (χ1n) is 7.79. The molecule has 1 aliphatic rings. The predicted molar refractivity (Wildman–Crippen MR) is 83.4 cm³/mol. The van der Waals surface area contributed by atoms with Crippen molar-refractivity contribution < 1.29 is 0 Å². The number of hydrogen-bond acceptors (Lipinski definition) is 5. The monoisotopic (exact) mass is 312 g/mol. The summed E-state index contributed by atoms with van der Waals surface area (Å²) in [5.41, 5.74) is 2.42. The molecule has 120 valence electrons. The largest absolute Gasteiger partial charge is 0.328 e. The fraction of sp³-hybridized carbons (Fsp3) is 0.467. The highest BCUT2D eigenvalue weighted by Crippen LogP contribution is 2.26. The van der Waals surface area contributed by atoms with E-state index in [-0.39, 0.29) is 6.04 Å². The van der Waals surface area contributed by atoms with Gasteiger partial charge in [0.1, 0.15) is 18.5 Å². The molecule has 0 amide bonds. The average Bonchev–Trinajstić information content (AvgIpc) is 3.25. The number of hydrogen-bond donors (Lipinski definition) is 0. The van der Waals surface area contributed by atoms with E-state index in [1.807, 2.05) is 28.8 Å². The Morgan fingerprint density at radius 3 is 2.83 bits per heavy atom. The van der Waals surface area contributed by atoms with E-state index < -0.39 is 0 Å². The van der Waals surface area contributed by atoms with E-state index in [9.17, 15) is 0 Å². The maximum Gasteiger partial charge on any atom is 0.137 e. The maximum absolute atomic E-state index is 4.65. The first kappa shape index (κ1) is 14.1. The molecule has 0 fully saturated rings. The standard InChI is InChI=1S/C15H20N8/c1-12-15-17-6-14(9-22-11-16-10-19-22)23(15)4-3-21(12)8-13-5-18-20(2)7-13/h5-7,10-12H,3-4,8-9H2,1-2H3/t12-/m1/s1. The van der Waals surface area contributed by atoms with Crippen molar-refractivity contribution in [3.63, 3.8) is 0 Å². The Kier molecular flexibility index (Phi) is 3.45. The molecular weight excluding hydrogens is 292 g/mol. The number of nitrogens with zero attached hydrogens (tertiary/aromatic N) is 8. The molecule has 8 heteroatoms. The van der Waals surface area contributed by atoms with Crippen molar-refractivity contribution in [1.82, 2.24) is 39.0 Å². The van der Waals surface area contributed by atoms with E-state index in [0.717, 1.165) is 25.5 Å². The molecule has 8 nitrogen and oxygen atoms in total. The van der Waals surface area contributed by atoms with Crippen molar-refractivity contribution >= 4 is 0 Å². The van der Waals surface area contributed by atoms with E-state index in [1.54, 1.807) is 12.7 Å². The summed E-state index contributed by atoms with van der Waals surface area (Å²) in [7, 11) is 1.95. The molecule has 3 aromatic heterocycles. The van der Waals surface area contributed by atoms with Crippen LogP contribution >= 0.6 is 0 Å². The highest BCUT2D eigenvalue weighted by Gasteiger charge is 2.27. The normalized spacial score (nSPS) is 18.3. The van der Waals surface area contributed by atoms with Crippen LogP contribution in [0.1, 0.15) is 30.0 Å². The van der Waals surface area contributed by atoms with Gasteiger partial charge < -0.3 is 4.57 Å². The first-order chi connectivity index (χ1) is 11.2. The van der Waals surface area contributed by atoms with E-state index in [0.29, 0.717) is 6.54 Å². The Hall–Kier alpha value is -2.48. The van der Waals surface area contributed by atoms with Gasteiger partial charge in [-0.15, -0.1) is 0 Å². The Labute approximate surface area is 134 Å². The molecule has 0 aromatic carbocycles. The van der Waals surface area contributed by atoms with Crippen LogP contribution in [0.15, 0.2) is 31.2 Å². The van der Waals surface area contributed by atoms with Gasteiger partial charge in [0.25, 0.3) is 0 Å². The van der Waals surface area contributed by atoms with Gasteiger partial charge >= 0.3 is 0 Å². The number of fused-ring (bicyclic) bond motifs is 1. The van der Waals surface area contributed by atoms with Gasteiger partial charge in [-0.3, -0.25) is 9.58 Å². The maximum atomic E-state index is 4.65. The van der Waals surface area contributed by atoms with E-state index in [1.165, 1.54) is 11.3 Å². The van der Waals surface area contributed by atoms with Crippen LogP contribution in [0.4, 0.5) is 0 Å². The molecule has 0 spiro atoms. The minimum absolute atomic E-state index is 0.286. The van der Waals surface area contributed by atoms with Crippen LogP contribution < -0.4 is 0 Å². The summed E-state index contributed by atoms with van der Waals surface area (Å²) in [6, 6.07) is 0.286. The number of aryl methyl sites for hydroxylation is 1. The molecule has 0 aliphatic carbocycles. The van der Waals surface area contributed by atoms with Crippen LogP contribution in [0.5, 0.6) is 0 Å². The molecule has 3 aromatic rings. The third kappa shape index (κ3) is 2.65. The second kappa shape index (κ2) is 5.62. The van der Waals surface area contributed by atoms with Crippen molar-refractivity contribution in [1.29, 1.82) is 0 Å². The average molecular weight is 312 g/mol. The van der Waals surface area contributed by atoms with Gasteiger partial charge in [0.2, 0.25) is 0 Å². The molecule has 0 saturated heterocycles. The second-order valence-corrected chi connectivity index (χ2v) is 6.02. The minimum Gasteiger partial charge on any atom is -0.328 e. The van der Waals surface area contributed by atoms with Gasteiger partial charge in [-0.1, -0.05) is 0 Å². The molecule has 1 aliphatic heterocycles. The molecule has 4 heterocycles. The van der Waals surface area contributed by atoms with Gasteiger partial charge in [-0.2, -0.15) is 10.2 Å². The van der Waals surface area contributed by atoms with E-state index in [4.69, 9.17) is 0 Å². The van der Waals surface area contributed by atoms with E-state index in [2.05, 4.69) is 42.8 Å². The van der Waals surface area contributed by atoms with Crippen molar-refractivity contribution in [2.75, 3.05) is 6.54 Å². The number of rotatable bonds is 4. The summed E-state index contributed by atoms with van der Waals surface area (Å²) in [5, 5.41) is 8.43. The van der Waals surface area contributed by atoms with E-state index >= 15 is 0 Å². The highest BCUT2D eigenvalue weighted by molar-refractivity contribution is 5.13. The molecule has 0 radical (unpaired) electrons. The zero-order valence-electron chi connectivity index (χ0n) is 13.4. The van der Waals surface area contributed by atoms with Crippen LogP contribution in [0.25, 0.3) is 0 Å². The fourth-order valence-electron chi connectivity index (χ4n) is 3.21. The quantitative estimate of drug-likeness (QED) is 0.714. The molecule has 23 heavy (non-hydrogen) atoms. The van der Waals surface area contributed by atoms with Gasteiger partial charge in [-0.25, -0.2) is 14.6 Å². The fourth-order valence-corrected chi connectivity index (χ4v) is 3.21. The van der Waals surface area contributed by atoms with Crippen LogP contribution in [-0.4, -0.2) is 45.5 Å². The van der Waals surface area contributed by atoms with Crippen LogP contribution in [0, 0.1) is 0 Å². The minimum atomic E-state index is 0.286. The lowest BCUT2D eigenvalue weighted by Gasteiger charge is -2.34. The molecule has 4 rings (SSSR count). The Morgan fingerprint density at radius 2 is 2.09 bits per heavy atom. The molecule has 1 atom stereocenters. The number of imidazole rings is 1. The van der Waals surface area contributed by atoms with Crippen molar-refractivity contribution in [3.05, 3.63) is 48.3 Å². The summed E-state index contributed by atoms with van der Waals surface area (Å²) in [6.07, 6.45) is 9.27. The zero-order chi connectivity index (χ0) is 15.8. The summed E-state index contributed by atoms with van der Waals surface area (Å²) in [4.78, 5) is 11.1. The van der Waals surface area contributed by atoms with Crippen molar-refractivity contribution in [2.24, 2.45) is 7.05 Å². The van der Waals surface area contributed by atoms with Gasteiger partial charge in [0.15, 0.2) is 0 Å². The van der Waals surface area contributed by atoms with Crippen LogP contribution in [0.2, 0.25) is 0 Å². The van der Waals surface area contributed by atoms with Crippen molar-refractivity contribution in [3.8, 4) is 0 Å². The topological polar surface area (TPSA) is 69.6 Å². The molecular formula is C15H20N8. The summed E-state index contributed by atoms with van der Waals surface area (Å²) < 4.78 is 5.99. The lowest BCUT2D eigenvalue weighted by atomic mass is 10.2. The summed E-state index contributed by atoms with van der Waals surface area (Å²) in [6.45, 7) is 5.78. The summed E-state index contributed by atoms with van der Waals surface area (Å²) in [5.74, 6) is 1.12. The smallest absolute Gasteiger partial charge is 0.137 e. The molecule has 0 saturated carbocycles. The third-order valence-corrected chi connectivity index (χ3v) is 4.44.